The molecule has 1 unspecified atom stereocenters. The van der Waals surface area contributed by atoms with Gasteiger partial charge in [0.15, 0.2) is 0 Å². The lowest BCUT2D eigenvalue weighted by Crippen LogP contribution is -2.58. The quantitative estimate of drug-likeness (QED) is 0.0413. The first-order valence-electron chi connectivity index (χ1n) is 20.2. The lowest BCUT2D eigenvalue weighted by molar-refractivity contribution is -0.156. The molecule has 2 aliphatic heterocycles. The van der Waals surface area contributed by atoms with Crippen molar-refractivity contribution in [3.05, 3.63) is 76.5 Å². The normalized spacial score (nSPS) is 18.0. The minimum absolute atomic E-state index is 0.0185. The second-order valence-corrected chi connectivity index (χ2v) is 15.3. The number of benzene rings is 2. The third-order valence-electron chi connectivity index (χ3n) is 11.0. The average molecular weight is 788 g/mol. The van der Waals surface area contributed by atoms with E-state index in [9.17, 15) is 24.6 Å². The predicted molar refractivity (Wildman–Crippen MR) is 222 cm³/mol. The number of phenolic OH excluding ortho intramolecular Hbond substituents is 1. The summed E-state index contributed by atoms with van der Waals surface area (Å²) < 4.78 is 12.1. The minimum atomic E-state index is -0.891. The molecule has 1 spiro atoms. The summed E-state index contributed by atoms with van der Waals surface area (Å²) in [4.78, 5) is 46.9. The van der Waals surface area contributed by atoms with Crippen LogP contribution >= 0.6 is 0 Å². The van der Waals surface area contributed by atoms with Crippen molar-refractivity contribution in [2.45, 2.75) is 56.8 Å². The van der Waals surface area contributed by atoms with E-state index < -0.39 is 6.10 Å². The molecule has 1 saturated carbocycles. The van der Waals surface area contributed by atoms with Crippen LogP contribution in [0.15, 0.2) is 59.2 Å². The molecule has 6 N–H and O–H groups in total. The molecule has 57 heavy (non-hydrogen) atoms. The van der Waals surface area contributed by atoms with Gasteiger partial charge in [-0.05, 0) is 79.0 Å². The Bertz CT molecular complexity index is 1720. The molecule has 2 amide bonds. The summed E-state index contributed by atoms with van der Waals surface area (Å²) in [6.07, 6.45) is 11.1. The van der Waals surface area contributed by atoms with Gasteiger partial charge in [-0.1, -0.05) is 30.3 Å². The van der Waals surface area contributed by atoms with Crippen LogP contribution in [0.25, 0.3) is 6.08 Å². The van der Waals surface area contributed by atoms with Gasteiger partial charge in [-0.2, -0.15) is 0 Å². The lowest BCUT2D eigenvalue weighted by atomic mass is 9.89. The molecule has 3 fully saturated rings. The van der Waals surface area contributed by atoms with E-state index in [0.29, 0.717) is 75.0 Å². The molecule has 14 heteroatoms. The number of likely N-dealkylation sites (tertiary alicyclic amines) is 1. The van der Waals surface area contributed by atoms with Crippen LogP contribution in [0.5, 0.6) is 5.75 Å². The van der Waals surface area contributed by atoms with Gasteiger partial charge in [0.05, 0.1) is 55.9 Å². The number of allylic oxidation sites excluding steroid dienone is 2. The highest BCUT2D eigenvalue weighted by molar-refractivity contribution is 5.96. The fraction of sp³-hybridized carbons (Fsp3) is 0.535. The Kier molecular flexibility index (Phi) is 16.6. The number of anilines is 1. The van der Waals surface area contributed by atoms with E-state index in [1.807, 2.05) is 4.90 Å². The smallest absolute Gasteiger partial charge is 0.269 e. The summed E-state index contributed by atoms with van der Waals surface area (Å²) in [6.45, 7) is 7.11. The number of hydrogen-bond acceptors (Lipinski definition) is 12. The summed E-state index contributed by atoms with van der Waals surface area (Å²) in [5.41, 5.74) is 9.97. The highest BCUT2D eigenvalue weighted by atomic mass is 16.5. The second kappa shape index (κ2) is 21.8. The fourth-order valence-corrected chi connectivity index (χ4v) is 7.26. The Hall–Kier alpha value is -4.60. The molecule has 2 aromatic rings. The molecule has 0 bridgehead atoms. The van der Waals surface area contributed by atoms with Gasteiger partial charge < -0.3 is 45.9 Å². The largest absolute Gasteiger partial charge is 0.506 e. The van der Waals surface area contributed by atoms with Crippen molar-refractivity contribution in [1.29, 1.82) is 0 Å². The van der Waals surface area contributed by atoms with Gasteiger partial charge in [-0.15, -0.1) is 0 Å². The highest BCUT2D eigenvalue weighted by Gasteiger charge is 2.41. The lowest BCUT2D eigenvalue weighted by Gasteiger charge is -2.47. The van der Waals surface area contributed by atoms with Crippen LogP contribution in [-0.2, 0) is 36.8 Å². The van der Waals surface area contributed by atoms with E-state index in [1.54, 1.807) is 43.4 Å². The number of nitrogens with two attached hydrogens (primary N) is 1. The fourth-order valence-electron chi connectivity index (χ4n) is 7.26. The number of carbonyl (C=O) groups is 3. The molecule has 2 heterocycles. The number of aliphatic hydroxyl groups is 1. The van der Waals surface area contributed by atoms with E-state index in [2.05, 4.69) is 44.8 Å². The van der Waals surface area contributed by atoms with Crippen LogP contribution in [0.3, 0.4) is 0 Å². The number of aldehydes is 1. The number of aliphatic imine (C=N–C) groups is 1. The summed E-state index contributed by atoms with van der Waals surface area (Å²) >= 11 is 0. The number of amides is 2. The van der Waals surface area contributed by atoms with Crippen molar-refractivity contribution < 1.29 is 34.1 Å². The third-order valence-corrected chi connectivity index (χ3v) is 11.0. The van der Waals surface area contributed by atoms with Gasteiger partial charge in [0.2, 0.25) is 5.91 Å². The van der Waals surface area contributed by atoms with Gasteiger partial charge in [0, 0.05) is 78.2 Å². The number of likely N-dealkylation sites (N-methyl/N-ethyl adjacent to an activating group) is 1. The van der Waals surface area contributed by atoms with Crippen LogP contribution in [-0.4, -0.2) is 141 Å². The SMILES string of the molecule is CNc1c(O)ccc(C(O)CNCCN(C)C(=O)CCOCCc2ccc(CN3CCC4(CC3)CN(C(=O)C(N)=CC=NCC3CC3)CCO4)cc2)c1/C=C\C=O. The maximum atomic E-state index is 13.0. The van der Waals surface area contributed by atoms with Crippen LogP contribution in [0, 0.1) is 5.92 Å². The number of rotatable bonds is 21. The summed E-state index contributed by atoms with van der Waals surface area (Å²) in [6, 6.07) is 11.7. The molecule has 0 radical (unpaired) electrons. The number of piperidine rings is 1. The minimum Gasteiger partial charge on any atom is -0.506 e. The van der Waals surface area contributed by atoms with Crippen LogP contribution < -0.4 is 16.4 Å². The molecule has 14 nitrogen and oxygen atoms in total. The first kappa shape index (κ1) is 43.5. The first-order chi connectivity index (χ1) is 27.6. The zero-order valence-corrected chi connectivity index (χ0v) is 33.5. The molecule has 3 aliphatic rings. The molecule has 1 aliphatic carbocycles. The number of nitrogens with zero attached hydrogens (tertiary/aromatic N) is 4. The van der Waals surface area contributed by atoms with Crippen LogP contribution in [0.4, 0.5) is 5.69 Å². The van der Waals surface area contributed by atoms with Crippen molar-refractivity contribution in [2.75, 3.05) is 91.6 Å². The summed E-state index contributed by atoms with van der Waals surface area (Å²) in [7, 11) is 3.40. The first-order valence-corrected chi connectivity index (χ1v) is 20.2. The van der Waals surface area contributed by atoms with Gasteiger partial charge >= 0.3 is 0 Å². The van der Waals surface area contributed by atoms with Crippen LogP contribution in [0.2, 0.25) is 0 Å². The highest BCUT2D eigenvalue weighted by Crippen LogP contribution is 2.34. The van der Waals surface area contributed by atoms with Gasteiger partial charge in [0.1, 0.15) is 12.0 Å². The zero-order valence-electron chi connectivity index (χ0n) is 33.5. The Morgan fingerprint density at radius 2 is 1.88 bits per heavy atom. The summed E-state index contributed by atoms with van der Waals surface area (Å²) in [5, 5.41) is 27.0. The average Bonchev–Trinajstić information content (AvgIpc) is 4.06. The molecule has 1 atom stereocenters. The van der Waals surface area contributed by atoms with E-state index in [1.165, 1.54) is 36.1 Å². The number of aromatic hydroxyl groups is 1. The Balaban J connectivity index is 0.934. The maximum Gasteiger partial charge on any atom is 0.269 e. The van der Waals surface area contributed by atoms with E-state index >= 15 is 0 Å². The predicted octanol–water partition coefficient (Wildman–Crippen LogP) is 2.89. The maximum absolute atomic E-state index is 13.0. The molecular formula is C43H61N7O7. The molecule has 2 aromatic carbocycles. The monoisotopic (exact) mass is 787 g/mol. The van der Waals surface area contributed by atoms with Gasteiger partial charge in [0.25, 0.3) is 5.91 Å². The molecular weight excluding hydrogens is 727 g/mol. The van der Waals surface area contributed by atoms with E-state index in [-0.39, 0.29) is 41.8 Å². The Morgan fingerprint density at radius 1 is 1.12 bits per heavy atom. The van der Waals surface area contributed by atoms with Crippen molar-refractivity contribution in [3.8, 4) is 5.75 Å². The Morgan fingerprint density at radius 3 is 2.60 bits per heavy atom. The van der Waals surface area contributed by atoms with Crippen molar-refractivity contribution in [3.63, 3.8) is 0 Å². The number of aliphatic hydroxyl groups excluding tert-OH is 1. The van der Waals surface area contributed by atoms with Crippen molar-refractivity contribution >= 4 is 36.1 Å². The Labute approximate surface area is 336 Å². The standard InChI is InChI=1S/C43H61N7O7/c1-45-41-36(4-3-24-51)35(11-12-38(41)52)39(53)29-47-19-22-48(2)40(54)15-26-56-25-14-32-5-9-34(10-6-32)30-49-20-16-43(17-21-49)31-50(23-27-57-43)42(55)37(44)13-18-46-28-33-7-8-33/h3-6,9-13,18,24,33,39,45,47,52-53H,7-8,14-17,19-23,25-31,44H2,1-2H3/b4-3-,37-13?,46-18?. The van der Waals surface area contributed by atoms with Gasteiger partial charge in [-0.25, -0.2) is 0 Å². The number of hydrogen-bond donors (Lipinski definition) is 5. The molecule has 5 rings (SSSR count). The van der Waals surface area contributed by atoms with Crippen molar-refractivity contribution in [2.24, 2.45) is 16.6 Å². The van der Waals surface area contributed by atoms with E-state index in [4.69, 9.17) is 15.2 Å². The zero-order chi connectivity index (χ0) is 40.6. The number of nitrogens with one attached hydrogen (secondary N) is 2. The second-order valence-electron chi connectivity index (χ2n) is 15.3. The summed E-state index contributed by atoms with van der Waals surface area (Å²) in [5.74, 6) is 0.557. The molecule has 0 aromatic heterocycles. The third kappa shape index (κ3) is 13.2. The van der Waals surface area contributed by atoms with Crippen LogP contribution in [0.1, 0.15) is 60.5 Å². The number of morpholine rings is 1. The van der Waals surface area contributed by atoms with Gasteiger partial charge in [-0.3, -0.25) is 24.3 Å². The van der Waals surface area contributed by atoms with E-state index in [0.717, 1.165) is 45.4 Å². The number of ether oxygens (including phenoxy) is 2. The van der Waals surface area contributed by atoms with Crippen molar-refractivity contribution in [1.82, 2.24) is 20.0 Å². The number of phenols is 1. The molecule has 2 saturated heterocycles. The topological polar surface area (TPSA) is 182 Å². The number of carbonyl (C=O) groups excluding carboxylic acids is 3. The molecule has 310 valence electrons.